The fourth-order valence-electron chi connectivity index (χ4n) is 8.54. The molecule has 3 aromatic heterocycles. The van der Waals surface area contributed by atoms with E-state index in [-0.39, 0.29) is 5.91 Å². The Morgan fingerprint density at radius 3 is 2.61 bits per heavy atom. The molecule has 5 aliphatic rings. The van der Waals surface area contributed by atoms with Crippen molar-refractivity contribution in [1.82, 2.24) is 24.0 Å². The van der Waals surface area contributed by atoms with Crippen LogP contribution in [-0.4, -0.2) is 62.8 Å². The summed E-state index contributed by atoms with van der Waals surface area (Å²) in [6.07, 6.45) is 9.31. The van der Waals surface area contributed by atoms with E-state index >= 15 is 0 Å². The van der Waals surface area contributed by atoms with E-state index in [9.17, 15) is 4.79 Å². The first kappa shape index (κ1) is 24.2. The second-order valence-corrected chi connectivity index (χ2v) is 13.4. The van der Waals surface area contributed by atoms with Gasteiger partial charge >= 0.3 is 0 Å². The minimum Gasteiger partial charge on any atom is -0.494 e. The normalized spacial score (nSPS) is 29.8. The molecule has 1 amide bonds. The molecule has 8 nitrogen and oxygen atoms in total. The third kappa shape index (κ3) is 3.58. The van der Waals surface area contributed by atoms with E-state index in [1.165, 1.54) is 25.7 Å². The Hall–Kier alpha value is -3.39. The number of imidazole rings is 1. The monoisotopic (exact) mass is 551 g/mol. The molecule has 4 heterocycles. The molecule has 41 heavy (non-hydrogen) atoms. The molecule has 0 N–H and O–H groups in total. The number of pyridine rings is 1. The first-order chi connectivity index (χ1) is 20.1. The quantitative estimate of drug-likeness (QED) is 0.294. The molecule has 1 saturated heterocycles. The van der Waals surface area contributed by atoms with E-state index in [2.05, 4.69) is 26.2 Å². The van der Waals surface area contributed by atoms with Gasteiger partial charge in [-0.3, -0.25) is 4.79 Å². The third-order valence-corrected chi connectivity index (χ3v) is 11.0. The highest BCUT2D eigenvalue weighted by Gasteiger charge is 2.61. The first-order valence-corrected chi connectivity index (χ1v) is 15.5. The number of nitrogens with zero attached hydrogens (tertiary/aromatic N) is 5. The number of carbonyl (C=O) groups excluding carboxylic acids is 1. The highest BCUT2D eigenvalue weighted by atomic mass is 16.5. The number of methoxy groups -OCH3 is 2. The van der Waals surface area contributed by atoms with Crippen LogP contribution in [-0.2, 0) is 17.8 Å². The zero-order chi connectivity index (χ0) is 27.4. The summed E-state index contributed by atoms with van der Waals surface area (Å²) in [5, 5.41) is 1.13. The zero-order valence-electron chi connectivity index (χ0n) is 23.8. The van der Waals surface area contributed by atoms with Gasteiger partial charge in [0.2, 0.25) is 0 Å². The largest absolute Gasteiger partial charge is 0.494 e. The van der Waals surface area contributed by atoms with Crippen molar-refractivity contribution < 1.29 is 14.3 Å². The number of likely N-dealkylation sites (tertiary alicyclic amines) is 1. The smallest absolute Gasteiger partial charge is 0.254 e. The molecule has 0 radical (unpaired) electrons. The molecular formula is C33H37N5O3. The maximum Gasteiger partial charge on any atom is 0.254 e. The molecule has 9 rings (SSSR count). The molecule has 4 aromatic rings. The molecule has 5 fully saturated rings. The number of aromatic nitrogens is 4. The van der Waals surface area contributed by atoms with E-state index in [0.717, 1.165) is 83.6 Å². The molecular weight excluding hydrogens is 514 g/mol. The van der Waals surface area contributed by atoms with Crippen LogP contribution in [0.2, 0.25) is 0 Å². The molecule has 212 valence electrons. The van der Waals surface area contributed by atoms with E-state index in [4.69, 9.17) is 19.4 Å². The third-order valence-electron chi connectivity index (χ3n) is 11.0. The Balaban J connectivity index is 1.18. The topological polar surface area (TPSA) is 74.4 Å². The number of benzene rings is 1. The fourth-order valence-corrected chi connectivity index (χ4v) is 8.54. The Labute approximate surface area is 239 Å². The van der Waals surface area contributed by atoms with E-state index in [0.29, 0.717) is 35.5 Å². The van der Waals surface area contributed by atoms with Gasteiger partial charge in [0.05, 0.1) is 24.4 Å². The second-order valence-electron chi connectivity index (χ2n) is 13.4. The molecule has 0 spiro atoms. The van der Waals surface area contributed by atoms with Crippen molar-refractivity contribution in [2.75, 3.05) is 20.8 Å². The van der Waals surface area contributed by atoms with E-state index in [1.807, 2.05) is 24.4 Å². The van der Waals surface area contributed by atoms with Crippen LogP contribution in [0.4, 0.5) is 0 Å². The highest BCUT2D eigenvalue weighted by Crippen LogP contribution is 2.60. The SMILES string of the molecule is COc1cc(C(=O)N2C[C@H]3CC4C[C@@H]2[C@H]43)cc2nc(-c3cc4cccnc4n3CC3CC3)n(C[C@H]3C[C@@H](OC)C3)c12. The van der Waals surface area contributed by atoms with Crippen molar-refractivity contribution in [2.45, 2.75) is 63.8 Å². The fraction of sp³-hybridized carbons (Fsp3) is 0.545. The summed E-state index contributed by atoms with van der Waals surface area (Å²) in [6, 6.07) is 10.8. The van der Waals surface area contributed by atoms with Gasteiger partial charge in [-0.2, -0.15) is 0 Å². The van der Waals surface area contributed by atoms with Crippen LogP contribution in [0.25, 0.3) is 33.6 Å². The maximum absolute atomic E-state index is 13.9. The second kappa shape index (κ2) is 8.81. The van der Waals surface area contributed by atoms with Gasteiger partial charge in [-0.25, -0.2) is 9.97 Å². The lowest BCUT2D eigenvalue weighted by Crippen LogP contribution is -2.53. The molecule has 1 aliphatic heterocycles. The van der Waals surface area contributed by atoms with Gasteiger partial charge in [0.1, 0.15) is 16.9 Å². The average Bonchev–Trinajstić information content (AvgIpc) is 3.60. The number of ether oxygens (including phenoxy) is 2. The summed E-state index contributed by atoms with van der Waals surface area (Å²) in [5.41, 5.74) is 4.60. The van der Waals surface area contributed by atoms with E-state index < -0.39 is 0 Å². The average molecular weight is 552 g/mol. The van der Waals surface area contributed by atoms with Crippen molar-refractivity contribution in [3.05, 3.63) is 42.1 Å². The molecule has 4 saturated carbocycles. The molecule has 0 bridgehead atoms. The summed E-state index contributed by atoms with van der Waals surface area (Å²) in [4.78, 5) is 26.1. The molecule has 1 aromatic carbocycles. The van der Waals surface area contributed by atoms with E-state index in [1.54, 1.807) is 14.2 Å². The number of carbonyl (C=O) groups is 1. The molecule has 4 aliphatic carbocycles. The minimum absolute atomic E-state index is 0.133. The minimum atomic E-state index is 0.133. The van der Waals surface area contributed by atoms with Crippen LogP contribution < -0.4 is 4.74 Å². The number of amides is 1. The summed E-state index contributed by atoms with van der Waals surface area (Å²) in [7, 11) is 3.52. The number of fused-ring (bicyclic) bond motifs is 2. The Kier molecular flexibility index (Phi) is 5.20. The first-order valence-electron chi connectivity index (χ1n) is 15.5. The number of hydrogen-bond donors (Lipinski definition) is 0. The maximum atomic E-state index is 13.9. The lowest BCUT2D eigenvalue weighted by molar-refractivity contribution is -0.0204. The Morgan fingerprint density at radius 2 is 1.85 bits per heavy atom. The van der Waals surface area contributed by atoms with Crippen LogP contribution in [0.15, 0.2) is 36.5 Å². The molecule has 1 unspecified atom stereocenters. The van der Waals surface area contributed by atoms with Crippen LogP contribution in [0.1, 0.15) is 48.9 Å². The number of rotatable bonds is 8. The van der Waals surface area contributed by atoms with Crippen LogP contribution in [0.5, 0.6) is 5.75 Å². The number of hydrogen-bond acceptors (Lipinski definition) is 5. The van der Waals surface area contributed by atoms with Gasteiger partial charge in [0.25, 0.3) is 5.91 Å². The molecule has 4 atom stereocenters. The van der Waals surface area contributed by atoms with Gasteiger partial charge in [0, 0.05) is 49.9 Å². The highest BCUT2D eigenvalue weighted by molar-refractivity contribution is 6.00. The van der Waals surface area contributed by atoms with Gasteiger partial charge in [-0.05, 0) is 98.4 Å². The summed E-state index contributed by atoms with van der Waals surface area (Å²) in [6.45, 7) is 2.70. The molecule has 8 heteroatoms. The van der Waals surface area contributed by atoms with Crippen molar-refractivity contribution in [2.24, 2.45) is 29.6 Å². The lowest BCUT2D eigenvalue weighted by atomic mass is 9.53. The van der Waals surface area contributed by atoms with Gasteiger partial charge in [0.15, 0.2) is 5.82 Å². The zero-order valence-corrected chi connectivity index (χ0v) is 23.8. The summed E-state index contributed by atoms with van der Waals surface area (Å²) < 4.78 is 16.4. The summed E-state index contributed by atoms with van der Waals surface area (Å²) in [5.74, 6) is 5.31. The Morgan fingerprint density at radius 1 is 1.00 bits per heavy atom. The standard InChI is InChI=1S/C33H37N5O3/c1-40-24-8-19(9-24)16-38-30-25(35-32(38)27-12-20-4-3-7-34-31(20)36(27)15-18-5-6-18)11-22(14-28(30)41-2)33(39)37-17-23-10-21-13-26(37)29(21)23/h3-4,7,11-12,14,18-19,21,23-24,26,29H,5-6,8-10,13,15-17H2,1-2H3/t19-,21?,23-,24+,26-,29-/m1/s1. The van der Waals surface area contributed by atoms with Crippen LogP contribution >= 0.6 is 0 Å². The lowest BCUT2D eigenvalue weighted by Gasteiger charge is -2.52. The van der Waals surface area contributed by atoms with Crippen LogP contribution in [0, 0.1) is 29.6 Å². The van der Waals surface area contributed by atoms with Gasteiger partial charge in [-0.15, -0.1) is 0 Å². The summed E-state index contributed by atoms with van der Waals surface area (Å²) >= 11 is 0. The van der Waals surface area contributed by atoms with Crippen molar-refractivity contribution in [1.29, 1.82) is 0 Å². The van der Waals surface area contributed by atoms with Crippen molar-refractivity contribution in [3.8, 4) is 17.3 Å². The Bertz CT molecular complexity index is 1700. The predicted molar refractivity (Wildman–Crippen MR) is 156 cm³/mol. The van der Waals surface area contributed by atoms with Gasteiger partial charge < -0.3 is 23.5 Å². The van der Waals surface area contributed by atoms with Gasteiger partial charge in [-0.1, -0.05) is 0 Å². The predicted octanol–water partition coefficient (Wildman–Crippen LogP) is 5.38. The van der Waals surface area contributed by atoms with Crippen molar-refractivity contribution in [3.63, 3.8) is 0 Å². The van der Waals surface area contributed by atoms with Crippen molar-refractivity contribution >= 4 is 28.0 Å². The van der Waals surface area contributed by atoms with Crippen LogP contribution in [0.3, 0.4) is 0 Å².